The van der Waals surface area contributed by atoms with E-state index >= 15 is 0 Å². The van der Waals surface area contributed by atoms with Gasteiger partial charge in [0.15, 0.2) is 4.67 Å². The Balaban J connectivity index is 2.47. The first-order chi connectivity index (χ1) is 5.72. The van der Waals surface area contributed by atoms with Crippen molar-refractivity contribution in [2.24, 2.45) is 0 Å². The Morgan fingerprint density at radius 3 is 2.92 bits per heavy atom. The van der Waals surface area contributed by atoms with Crippen molar-refractivity contribution < 1.29 is 4.42 Å². The van der Waals surface area contributed by atoms with Gasteiger partial charge >= 0.3 is 0 Å². The van der Waals surface area contributed by atoms with Crippen LogP contribution in [0.3, 0.4) is 0 Å². The van der Waals surface area contributed by atoms with E-state index in [0.717, 1.165) is 10.4 Å². The van der Waals surface area contributed by atoms with Crippen LogP contribution >= 0.6 is 15.9 Å². The lowest BCUT2D eigenvalue weighted by Gasteiger charge is -2.08. The van der Waals surface area contributed by atoms with Crippen LogP contribution in [0.5, 0.6) is 0 Å². The Bertz CT molecular complexity index is 289. The first-order valence-corrected chi connectivity index (χ1v) is 4.31. The van der Waals surface area contributed by atoms with Gasteiger partial charge in [-0.25, -0.2) is 0 Å². The van der Waals surface area contributed by atoms with Crippen molar-refractivity contribution in [2.75, 3.05) is 13.6 Å². The minimum Gasteiger partial charge on any atom is -0.453 e. The van der Waals surface area contributed by atoms with Crippen LogP contribution in [-0.2, 0) is 6.54 Å². The fraction of sp³-hybridized carbons (Fsp3) is 0.375. The maximum Gasteiger partial charge on any atom is 0.169 e. The molecule has 0 unspecified atom stereocenters. The lowest BCUT2D eigenvalue weighted by atomic mass is 10.4. The van der Waals surface area contributed by atoms with Gasteiger partial charge in [0.05, 0.1) is 19.2 Å². The molecule has 64 valence electrons. The quantitative estimate of drug-likeness (QED) is 0.744. The van der Waals surface area contributed by atoms with Gasteiger partial charge in [-0.05, 0) is 35.1 Å². The summed E-state index contributed by atoms with van der Waals surface area (Å²) in [5.41, 5.74) is 0. The number of halogens is 1. The SMILES string of the molecule is CN(CC#N)Cc1ccc(Br)o1. The summed E-state index contributed by atoms with van der Waals surface area (Å²) >= 11 is 3.21. The fourth-order valence-corrected chi connectivity index (χ4v) is 1.22. The van der Waals surface area contributed by atoms with Crippen LogP contribution in [-0.4, -0.2) is 18.5 Å². The molecule has 1 aromatic rings. The summed E-state index contributed by atoms with van der Waals surface area (Å²) in [5.74, 6) is 0.861. The summed E-state index contributed by atoms with van der Waals surface area (Å²) in [7, 11) is 1.87. The first kappa shape index (κ1) is 9.30. The van der Waals surface area contributed by atoms with Crippen molar-refractivity contribution in [3.05, 3.63) is 22.6 Å². The zero-order valence-corrected chi connectivity index (χ0v) is 8.34. The highest BCUT2D eigenvalue weighted by Gasteiger charge is 2.02. The molecule has 0 aliphatic rings. The van der Waals surface area contributed by atoms with E-state index in [4.69, 9.17) is 9.68 Å². The third-order valence-corrected chi connectivity index (χ3v) is 1.82. The molecule has 0 N–H and O–H groups in total. The first-order valence-electron chi connectivity index (χ1n) is 3.52. The van der Waals surface area contributed by atoms with Gasteiger partial charge in [0, 0.05) is 0 Å². The van der Waals surface area contributed by atoms with Crippen LogP contribution in [0.25, 0.3) is 0 Å². The summed E-state index contributed by atoms with van der Waals surface area (Å²) in [4.78, 5) is 1.88. The van der Waals surface area contributed by atoms with Crippen LogP contribution in [0.15, 0.2) is 21.2 Å². The molecule has 1 heterocycles. The monoisotopic (exact) mass is 228 g/mol. The fourth-order valence-electron chi connectivity index (χ4n) is 0.879. The van der Waals surface area contributed by atoms with E-state index in [-0.39, 0.29) is 0 Å². The smallest absolute Gasteiger partial charge is 0.169 e. The number of nitrogens with zero attached hydrogens (tertiary/aromatic N) is 2. The van der Waals surface area contributed by atoms with Crippen molar-refractivity contribution in [1.29, 1.82) is 5.26 Å². The highest BCUT2D eigenvalue weighted by atomic mass is 79.9. The van der Waals surface area contributed by atoms with Gasteiger partial charge in [-0.1, -0.05) is 0 Å². The molecule has 0 atom stereocenters. The Labute approximate surface area is 79.7 Å². The Hall–Kier alpha value is -0.790. The third-order valence-electron chi connectivity index (χ3n) is 1.40. The van der Waals surface area contributed by atoms with Gasteiger partial charge in [-0.3, -0.25) is 4.90 Å². The molecule has 0 saturated heterocycles. The summed E-state index contributed by atoms with van der Waals surface area (Å²) in [6.45, 7) is 1.08. The highest BCUT2D eigenvalue weighted by Crippen LogP contribution is 2.14. The molecule has 0 amide bonds. The standard InChI is InChI=1S/C8H9BrN2O/c1-11(5-4-10)6-7-2-3-8(9)12-7/h2-3H,5-6H2,1H3. The number of hydrogen-bond acceptors (Lipinski definition) is 3. The number of nitriles is 1. The molecule has 0 saturated carbocycles. The van der Waals surface area contributed by atoms with Crippen LogP contribution in [0.1, 0.15) is 5.76 Å². The Morgan fingerprint density at radius 2 is 2.42 bits per heavy atom. The predicted molar refractivity (Wildman–Crippen MR) is 48.4 cm³/mol. The van der Waals surface area contributed by atoms with Gasteiger partial charge in [-0.15, -0.1) is 0 Å². The normalized spacial score (nSPS) is 10.2. The average Bonchev–Trinajstić information content (AvgIpc) is 2.36. The second kappa shape index (κ2) is 4.29. The predicted octanol–water partition coefficient (Wildman–Crippen LogP) is 2.00. The molecule has 0 aliphatic heterocycles. The molecule has 12 heavy (non-hydrogen) atoms. The summed E-state index contributed by atoms with van der Waals surface area (Å²) in [5, 5.41) is 8.39. The molecule has 0 spiro atoms. The zero-order valence-electron chi connectivity index (χ0n) is 6.75. The second-order valence-electron chi connectivity index (χ2n) is 2.54. The van der Waals surface area contributed by atoms with E-state index in [9.17, 15) is 0 Å². The van der Waals surface area contributed by atoms with E-state index < -0.39 is 0 Å². The van der Waals surface area contributed by atoms with Crippen molar-refractivity contribution in [1.82, 2.24) is 4.90 Å². The van der Waals surface area contributed by atoms with E-state index in [2.05, 4.69) is 22.0 Å². The maximum atomic E-state index is 8.39. The van der Waals surface area contributed by atoms with Crippen LogP contribution in [0.4, 0.5) is 0 Å². The molecular weight excluding hydrogens is 220 g/mol. The van der Waals surface area contributed by atoms with Crippen LogP contribution < -0.4 is 0 Å². The van der Waals surface area contributed by atoms with Gasteiger partial charge in [0.25, 0.3) is 0 Å². The number of hydrogen-bond donors (Lipinski definition) is 0. The Kier molecular flexibility index (Phi) is 3.32. The molecule has 0 bridgehead atoms. The summed E-state index contributed by atoms with van der Waals surface area (Å²) in [6.07, 6.45) is 0. The average molecular weight is 229 g/mol. The van der Waals surface area contributed by atoms with E-state index in [0.29, 0.717) is 13.1 Å². The molecule has 1 aromatic heterocycles. The minimum atomic E-state index is 0.415. The number of rotatable bonds is 3. The zero-order chi connectivity index (χ0) is 8.97. The van der Waals surface area contributed by atoms with Crippen molar-refractivity contribution >= 4 is 15.9 Å². The highest BCUT2D eigenvalue weighted by molar-refractivity contribution is 9.10. The molecule has 3 nitrogen and oxygen atoms in total. The molecule has 0 aliphatic carbocycles. The minimum absolute atomic E-state index is 0.415. The lowest BCUT2D eigenvalue weighted by molar-refractivity contribution is 0.322. The lowest BCUT2D eigenvalue weighted by Crippen LogP contribution is -2.17. The van der Waals surface area contributed by atoms with Gasteiger partial charge in [-0.2, -0.15) is 5.26 Å². The largest absolute Gasteiger partial charge is 0.453 e. The van der Waals surface area contributed by atoms with Crippen molar-refractivity contribution in [3.63, 3.8) is 0 Å². The van der Waals surface area contributed by atoms with Crippen molar-refractivity contribution in [2.45, 2.75) is 6.54 Å². The second-order valence-corrected chi connectivity index (χ2v) is 3.32. The molecule has 1 rings (SSSR count). The van der Waals surface area contributed by atoms with Gasteiger partial charge in [0.2, 0.25) is 0 Å². The van der Waals surface area contributed by atoms with Gasteiger partial charge in [0.1, 0.15) is 5.76 Å². The number of furan rings is 1. The summed E-state index contributed by atoms with van der Waals surface area (Å²) < 4.78 is 5.99. The van der Waals surface area contributed by atoms with E-state index in [1.807, 2.05) is 24.1 Å². The maximum absolute atomic E-state index is 8.39. The topological polar surface area (TPSA) is 40.2 Å². The van der Waals surface area contributed by atoms with Crippen LogP contribution in [0.2, 0.25) is 0 Å². The van der Waals surface area contributed by atoms with Crippen molar-refractivity contribution in [3.8, 4) is 6.07 Å². The molecule has 0 radical (unpaired) electrons. The molecule has 0 fully saturated rings. The van der Waals surface area contributed by atoms with Crippen LogP contribution in [0, 0.1) is 11.3 Å². The Morgan fingerprint density at radius 1 is 1.67 bits per heavy atom. The summed E-state index contributed by atoms with van der Waals surface area (Å²) in [6, 6.07) is 5.80. The molecule has 4 heteroatoms. The van der Waals surface area contributed by atoms with E-state index in [1.54, 1.807) is 0 Å². The third kappa shape index (κ3) is 2.68. The molecular formula is C8H9BrN2O. The van der Waals surface area contributed by atoms with Gasteiger partial charge < -0.3 is 4.42 Å². The molecule has 0 aromatic carbocycles. The van der Waals surface area contributed by atoms with E-state index in [1.165, 1.54) is 0 Å².